The van der Waals surface area contributed by atoms with Crippen LogP contribution < -0.4 is 0 Å². The van der Waals surface area contributed by atoms with Crippen LogP contribution in [0.4, 0.5) is 0 Å². The minimum Gasteiger partial charge on any atom is -0.341 e. The Labute approximate surface area is 151 Å². The Morgan fingerprint density at radius 3 is 2.44 bits per heavy atom. The summed E-state index contributed by atoms with van der Waals surface area (Å²) in [6.07, 6.45) is 0.515. The average molecular weight is 351 g/mol. The Balaban J connectivity index is 1.57. The standard InChI is InChI=1S/C21H21NO2S/c1-15-7-11-20(25-15)19(23)10-12-21(24)22(2)14-16-8-9-17-5-3-4-6-18(17)13-16/h3-9,11,13H,10,12,14H2,1-2H3. The van der Waals surface area contributed by atoms with Crippen LogP contribution in [0.5, 0.6) is 0 Å². The number of fused-ring (bicyclic) bond motifs is 1. The van der Waals surface area contributed by atoms with Gasteiger partial charge >= 0.3 is 0 Å². The summed E-state index contributed by atoms with van der Waals surface area (Å²) in [5.41, 5.74) is 1.09. The van der Waals surface area contributed by atoms with Crippen molar-refractivity contribution in [1.82, 2.24) is 4.90 Å². The van der Waals surface area contributed by atoms with Crippen LogP contribution >= 0.6 is 11.3 Å². The van der Waals surface area contributed by atoms with Gasteiger partial charge in [0.15, 0.2) is 5.78 Å². The predicted molar refractivity (Wildman–Crippen MR) is 103 cm³/mol. The van der Waals surface area contributed by atoms with Crippen molar-refractivity contribution in [1.29, 1.82) is 0 Å². The van der Waals surface area contributed by atoms with Gasteiger partial charge in [-0.3, -0.25) is 9.59 Å². The van der Waals surface area contributed by atoms with Gasteiger partial charge in [0.05, 0.1) is 4.88 Å². The molecule has 25 heavy (non-hydrogen) atoms. The van der Waals surface area contributed by atoms with Crippen LogP contribution in [0, 0.1) is 6.92 Å². The van der Waals surface area contributed by atoms with E-state index >= 15 is 0 Å². The summed E-state index contributed by atoms with van der Waals surface area (Å²) in [5, 5.41) is 2.36. The number of benzene rings is 2. The van der Waals surface area contributed by atoms with E-state index in [1.165, 1.54) is 22.1 Å². The normalized spacial score (nSPS) is 10.8. The van der Waals surface area contributed by atoms with Crippen molar-refractivity contribution in [2.45, 2.75) is 26.3 Å². The minimum atomic E-state index is -0.00483. The van der Waals surface area contributed by atoms with Crippen LogP contribution in [0.3, 0.4) is 0 Å². The molecule has 0 bridgehead atoms. The van der Waals surface area contributed by atoms with Crippen molar-refractivity contribution in [3.63, 3.8) is 0 Å². The van der Waals surface area contributed by atoms with E-state index in [4.69, 9.17) is 0 Å². The molecule has 4 heteroatoms. The molecule has 0 saturated heterocycles. The van der Waals surface area contributed by atoms with Crippen molar-refractivity contribution >= 4 is 33.8 Å². The van der Waals surface area contributed by atoms with Gasteiger partial charge in [-0.05, 0) is 41.5 Å². The van der Waals surface area contributed by atoms with Gasteiger partial charge in [-0.1, -0.05) is 36.4 Å². The smallest absolute Gasteiger partial charge is 0.223 e. The Morgan fingerprint density at radius 1 is 0.960 bits per heavy atom. The summed E-state index contributed by atoms with van der Waals surface area (Å²) in [4.78, 5) is 28.0. The lowest BCUT2D eigenvalue weighted by Crippen LogP contribution is -2.26. The van der Waals surface area contributed by atoms with Crippen molar-refractivity contribution in [2.75, 3.05) is 7.05 Å². The lowest BCUT2D eigenvalue weighted by molar-refractivity contribution is -0.130. The van der Waals surface area contributed by atoms with E-state index in [0.29, 0.717) is 6.54 Å². The number of hydrogen-bond acceptors (Lipinski definition) is 3. The zero-order valence-corrected chi connectivity index (χ0v) is 15.3. The molecule has 1 heterocycles. The summed E-state index contributed by atoms with van der Waals surface area (Å²) in [6, 6.07) is 18.2. The maximum Gasteiger partial charge on any atom is 0.223 e. The Morgan fingerprint density at radius 2 is 1.72 bits per heavy atom. The fraction of sp³-hybridized carbons (Fsp3) is 0.238. The third kappa shape index (κ3) is 4.34. The molecular formula is C21H21NO2S. The third-order valence-electron chi connectivity index (χ3n) is 4.24. The van der Waals surface area contributed by atoms with Gasteiger partial charge in [0.1, 0.15) is 0 Å². The highest BCUT2D eigenvalue weighted by atomic mass is 32.1. The molecule has 0 aliphatic heterocycles. The fourth-order valence-corrected chi connectivity index (χ4v) is 3.65. The van der Waals surface area contributed by atoms with Crippen LogP contribution in [-0.4, -0.2) is 23.6 Å². The molecule has 0 aliphatic rings. The first-order valence-electron chi connectivity index (χ1n) is 8.34. The quantitative estimate of drug-likeness (QED) is 0.596. The SMILES string of the molecule is Cc1ccc(C(=O)CCC(=O)N(C)Cc2ccc3ccccc3c2)s1. The van der Waals surface area contributed by atoms with E-state index in [1.54, 1.807) is 11.9 Å². The lowest BCUT2D eigenvalue weighted by atomic mass is 10.1. The summed E-state index contributed by atoms with van der Waals surface area (Å²) in [5.74, 6) is 0.0420. The largest absolute Gasteiger partial charge is 0.341 e. The third-order valence-corrected chi connectivity index (χ3v) is 5.28. The van der Waals surface area contributed by atoms with Gasteiger partial charge in [-0.25, -0.2) is 0 Å². The van der Waals surface area contributed by atoms with Crippen molar-refractivity contribution in [3.05, 3.63) is 69.9 Å². The van der Waals surface area contributed by atoms with Gasteiger partial charge in [-0.15, -0.1) is 11.3 Å². The molecule has 0 fully saturated rings. The first kappa shape index (κ1) is 17.4. The van der Waals surface area contributed by atoms with Gasteiger partial charge in [0.25, 0.3) is 0 Å². The zero-order chi connectivity index (χ0) is 17.8. The molecule has 1 aromatic heterocycles. The lowest BCUT2D eigenvalue weighted by Gasteiger charge is -2.17. The average Bonchev–Trinajstić information content (AvgIpc) is 3.05. The van der Waals surface area contributed by atoms with Gasteiger partial charge in [-0.2, -0.15) is 0 Å². The molecule has 0 radical (unpaired) electrons. The summed E-state index contributed by atoms with van der Waals surface area (Å²) >= 11 is 1.49. The number of ketones is 1. The molecule has 1 amide bonds. The first-order chi connectivity index (χ1) is 12.0. The highest BCUT2D eigenvalue weighted by molar-refractivity contribution is 7.14. The molecule has 0 atom stereocenters. The first-order valence-corrected chi connectivity index (χ1v) is 9.16. The number of thiophene rings is 1. The molecule has 2 aromatic carbocycles. The van der Waals surface area contributed by atoms with Crippen LogP contribution in [0.25, 0.3) is 10.8 Å². The minimum absolute atomic E-state index is 0.00483. The summed E-state index contributed by atoms with van der Waals surface area (Å²) in [7, 11) is 1.79. The molecule has 128 valence electrons. The Bertz CT molecular complexity index is 913. The number of amides is 1. The topological polar surface area (TPSA) is 37.4 Å². The number of rotatable bonds is 6. The van der Waals surface area contributed by atoms with Crippen molar-refractivity contribution in [2.24, 2.45) is 0 Å². The maximum atomic E-state index is 12.3. The Hall–Kier alpha value is -2.46. The molecule has 0 spiro atoms. The van der Waals surface area contributed by atoms with Crippen LogP contribution in [0.15, 0.2) is 54.6 Å². The van der Waals surface area contributed by atoms with Crippen molar-refractivity contribution in [3.8, 4) is 0 Å². The molecule has 0 N–H and O–H groups in total. The summed E-state index contributed by atoms with van der Waals surface area (Å²) < 4.78 is 0. The van der Waals surface area contributed by atoms with Crippen LogP contribution in [-0.2, 0) is 11.3 Å². The zero-order valence-electron chi connectivity index (χ0n) is 14.5. The number of hydrogen-bond donors (Lipinski definition) is 0. The predicted octanol–water partition coefficient (Wildman–Crippen LogP) is 4.83. The van der Waals surface area contributed by atoms with Gasteiger partial charge < -0.3 is 4.90 Å². The molecule has 0 unspecified atom stereocenters. The van der Waals surface area contributed by atoms with E-state index in [1.807, 2.05) is 37.3 Å². The van der Waals surface area contributed by atoms with Crippen LogP contribution in [0.2, 0.25) is 0 Å². The number of carbonyl (C=O) groups is 2. The van der Waals surface area contributed by atoms with E-state index in [2.05, 4.69) is 24.3 Å². The molecule has 0 saturated carbocycles. The second kappa shape index (κ2) is 7.62. The number of carbonyl (C=O) groups excluding carboxylic acids is 2. The van der Waals surface area contributed by atoms with E-state index in [-0.39, 0.29) is 24.5 Å². The number of nitrogens with zero attached hydrogens (tertiary/aromatic N) is 1. The molecule has 3 nitrogen and oxygen atoms in total. The van der Waals surface area contributed by atoms with Gasteiger partial charge in [0, 0.05) is 31.3 Å². The molecule has 3 aromatic rings. The molecule has 0 aliphatic carbocycles. The second-order valence-electron chi connectivity index (χ2n) is 6.26. The number of Topliss-reactive ketones (excluding diaryl/α,β-unsaturated/α-hetero) is 1. The van der Waals surface area contributed by atoms with Crippen LogP contribution in [0.1, 0.15) is 33.0 Å². The maximum absolute atomic E-state index is 12.3. The summed E-state index contributed by atoms with van der Waals surface area (Å²) in [6.45, 7) is 2.53. The van der Waals surface area contributed by atoms with E-state index < -0.39 is 0 Å². The molecular weight excluding hydrogens is 330 g/mol. The highest BCUT2D eigenvalue weighted by Crippen LogP contribution is 2.19. The highest BCUT2D eigenvalue weighted by Gasteiger charge is 2.14. The Kier molecular flexibility index (Phi) is 5.29. The van der Waals surface area contributed by atoms with E-state index in [0.717, 1.165) is 15.3 Å². The fourth-order valence-electron chi connectivity index (χ4n) is 2.82. The molecule has 3 rings (SSSR count). The second-order valence-corrected chi connectivity index (χ2v) is 7.55. The number of aryl methyl sites for hydroxylation is 1. The van der Waals surface area contributed by atoms with Gasteiger partial charge in [0.2, 0.25) is 5.91 Å². The van der Waals surface area contributed by atoms with E-state index in [9.17, 15) is 9.59 Å². The van der Waals surface area contributed by atoms with Crippen molar-refractivity contribution < 1.29 is 9.59 Å². The monoisotopic (exact) mass is 351 g/mol.